The molecule has 2 aromatic rings. The van der Waals surface area contributed by atoms with Gasteiger partial charge in [0.05, 0.1) is 5.71 Å². The molecule has 1 atom stereocenters. The zero-order chi connectivity index (χ0) is 15.4. The predicted molar refractivity (Wildman–Crippen MR) is 84.4 cm³/mol. The Bertz CT molecular complexity index is 673. The van der Waals surface area contributed by atoms with Crippen LogP contribution in [0.1, 0.15) is 17.5 Å². The molecule has 0 bridgehead atoms. The Morgan fingerprint density at radius 2 is 1.95 bits per heavy atom. The van der Waals surface area contributed by atoms with Crippen molar-refractivity contribution >= 4 is 17.3 Å². The maximum Gasteiger partial charge on any atom is 0.181 e. The molecular weight excluding hydrogens is 303 g/mol. The molecule has 0 aliphatic carbocycles. The van der Waals surface area contributed by atoms with Crippen molar-refractivity contribution in [1.29, 1.82) is 0 Å². The van der Waals surface area contributed by atoms with Crippen LogP contribution < -0.4 is 5.32 Å². The summed E-state index contributed by atoms with van der Waals surface area (Å²) < 4.78 is 12.9. The van der Waals surface area contributed by atoms with Crippen molar-refractivity contribution in [3.8, 4) is 0 Å². The second-order valence-corrected chi connectivity index (χ2v) is 5.70. The van der Waals surface area contributed by atoms with Gasteiger partial charge in [-0.2, -0.15) is 0 Å². The van der Waals surface area contributed by atoms with Crippen LogP contribution >= 0.6 is 11.6 Å². The standard InChI is InChI=1S/C17H16ClFN2O/c18-16-4-2-1-3-13(16)10-20-11-15-9-17(21-22-15)12-5-7-14(19)8-6-12/h1-8,15,20H,9-11H2/p+1/t15-/m0/s1. The highest BCUT2D eigenvalue weighted by Crippen LogP contribution is 2.16. The Morgan fingerprint density at radius 1 is 1.18 bits per heavy atom. The summed E-state index contributed by atoms with van der Waals surface area (Å²) in [5.41, 5.74) is 2.90. The minimum atomic E-state index is -0.243. The first kappa shape index (κ1) is 15.0. The van der Waals surface area contributed by atoms with Gasteiger partial charge in [0.2, 0.25) is 0 Å². The first-order valence-corrected chi connectivity index (χ1v) is 7.64. The molecule has 3 nitrogen and oxygen atoms in total. The lowest BCUT2D eigenvalue weighted by Crippen LogP contribution is -2.84. The third-order valence-corrected chi connectivity index (χ3v) is 4.03. The van der Waals surface area contributed by atoms with Crippen molar-refractivity contribution in [3.63, 3.8) is 0 Å². The van der Waals surface area contributed by atoms with Crippen LogP contribution in [0, 0.1) is 5.82 Å². The van der Waals surface area contributed by atoms with E-state index < -0.39 is 0 Å². The van der Waals surface area contributed by atoms with Crippen LogP contribution in [-0.4, -0.2) is 18.4 Å². The monoisotopic (exact) mass is 319 g/mol. The number of hydrogen-bond donors (Lipinski definition) is 1. The molecule has 3 rings (SSSR count). The molecule has 0 saturated heterocycles. The quantitative estimate of drug-likeness (QED) is 0.904. The van der Waals surface area contributed by atoms with E-state index in [0.29, 0.717) is 0 Å². The minimum Gasteiger partial charge on any atom is -0.386 e. The smallest absolute Gasteiger partial charge is 0.181 e. The normalized spacial score (nSPS) is 17.2. The van der Waals surface area contributed by atoms with Gasteiger partial charge >= 0.3 is 0 Å². The summed E-state index contributed by atoms with van der Waals surface area (Å²) in [7, 11) is 0. The zero-order valence-electron chi connectivity index (χ0n) is 12.0. The van der Waals surface area contributed by atoms with E-state index in [2.05, 4.69) is 10.5 Å². The Morgan fingerprint density at radius 3 is 2.73 bits per heavy atom. The fraction of sp³-hybridized carbons (Fsp3) is 0.235. The van der Waals surface area contributed by atoms with E-state index >= 15 is 0 Å². The number of oxime groups is 1. The van der Waals surface area contributed by atoms with Crippen LogP contribution in [0.5, 0.6) is 0 Å². The van der Waals surface area contributed by atoms with Crippen LogP contribution in [0.25, 0.3) is 0 Å². The van der Waals surface area contributed by atoms with E-state index in [1.807, 2.05) is 24.3 Å². The fourth-order valence-corrected chi connectivity index (χ4v) is 2.67. The molecule has 0 saturated carbocycles. The van der Waals surface area contributed by atoms with E-state index in [4.69, 9.17) is 16.4 Å². The fourth-order valence-electron chi connectivity index (χ4n) is 2.46. The number of rotatable bonds is 5. The molecule has 2 aromatic carbocycles. The van der Waals surface area contributed by atoms with Gasteiger partial charge in [0.1, 0.15) is 18.9 Å². The maximum absolute atomic E-state index is 12.9. The number of nitrogens with two attached hydrogens (primary N) is 1. The number of nitrogens with zero attached hydrogens (tertiary/aromatic N) is 1. The second-order valence-electron chi connectivity index (χ2n) is 5.30. The van der Waals surface area contributed by atoms with Gasteiger partial charge in [-0.15, -0.1) is 0 Å². The van der Waals surface area contributed by atoms with Gasteiger partial charge in [-0.05, 0) is 23.8 Å². The van der Waals surface area contributed by atoms with E-state index in [1.165, 1.54) is 12.1 Å². The number of quaternary nitrogens is 1. The van der Waals surface area contributed by atoms with Gasteiger partial charge in [0.15, 0.2) is 6.10 Å². The summed E-state index contributed by atoms with van der Waals surface area (Å²) in [5, 5.41) is 7.06. The van der Waals surface area contributed by atoms with Gasteiger partial charge in [0, 0.05) is 17.0 Å². The third-order valence-electron chi connectivity index (χ3n) is 3.66. The zero-order valence-corrected chi connectivity index (χ0v) is 12.8. The van der Waals surface area contributed by atoms with Crippen molar-refractivity contribution in [2.75, 3.05) is 6.54 Å². The molecule has 5 heteroatoms. The second kappa shape index (κ2) is 6.90. The van der Waals surface area contributed by atoms with Crippen LogP contribution in [0.2, 0.25) is 5.02 Å². The maximum atomic E-state index is 12.9. The summed E-state index contributed by atoms with van der Waals surface area (Å²) in [6, 6.07) is 14.2. The molecule has 1 aliphatic heterocycles. The Hall–Kier alpha value is -1.91. The van der Waals surface area contributed by atoms with Crippen molar-refractivity contribution in [2.24, 2.45) is 5.16 Å². The van der Waals surface area contributed by atoms with Gasteiger partial charge in [-0.1, -0.05) is 47.1 Å². The van der Waals surface area contributed by atoms with Crippen LogP contribution in [0.3, 0.4) is 0 Å². The summed E-state index contributed by atoms with van der Waals surface area (Å²) in [6.45, 7) is 1.62. The average Bonchev–Trinajstić information content (AvgIpc) is 2.99. The van der Waals surface area contributed by atoms with Crippen molar-refractivity contribution in [1.82, 2.24) is 0 Å². The lowest BCUT2D eigenvalue weighted by Gasteiger charge is -2.08. The van der Waals surface area contributed by atoms with Gasteiger partial charge in [-0.25, -0.2) is 4.39 Å². The van der Waals surface area contributed by atoms with Gasteiger partial charge < -0.3 is 10.2 Å². The van der Waals surface area contributed by atoms with Crippen molar-refractivity contribution in [3.05, 3.63) is 70.5 Å². The topological polar surface area (TPSA) is 38.2 Å². The summed E-state index contributed by atoms with van der Waals surface area (Å²) in [4.78, 5) is 5.45. The molecule has 0 aromatic heterocycles. The average molecular weight is 320 g/mol. The van der Waals surface area contributed by atoms with Crippen LogP contribution in [0.15, 0.2) is 53.7 Å². The molecule has 114 valence electrons. The van der Waals surface area contributed by atoms with Crippen molar-refractivity contribution in [2.45, 2.75) is 19.1 Å². The lowest BCUT2D eigenvalue weighted by atomic mass is 10.1. The van der Waals surface area contributed by atoms with E-state index in [0.717, 1.165) is 41.4 Å². The van der Waals surface area contributed by atoms with Gasteiger partial charge in [0.25, 0.3) is 0 Å². The first-order chi connectivity index (χ1) is 10.7. The molecule has 2 N–H and O–H groups in total. The first-order valence-electron chi connectivity index (χ1n) is 7.26. The molecule has 22 heavy (non-hydrogen) atoms. The van der Waals surface area contributed by atoms with E-state index in [-0.39, 0.29) is 11.9 Å². The largest absolute Gasteiger partial charge is 0.386 e. The molecule has 1 heterocycles. The molecular formula is C17H17ClFN2O+. The highest BCUT2D eigenvalue weighted by Gasteiger charge is 2.23. The predicted octanol–water partition coefficient (Wildman–Crippen LogP) is 2.74. The van der Waals surface area contributed by atoms with Crippen LogP contribution in [-0.2, 0) is 11.4 Å². The molecule has 1 aliphatic rings. The molecule has 0 amide bonds. The lowest BCUT2D eigenvalue weighted by molar-refractivity contribution is -0.676. The SMILES string of the molecule is Fc1ccc(C2=NO[C@H](C[NH2+]Cc3ccccc3Cl)C2)cc1. The molecule has 0 fully saturated rings. The highest BCUT2D eigenvalue weighted by atomic mass is 35.5. The molecule has 0 spiro atoms. The number of benzene rings is 2. The molecule has 0 radical (unpaired) electrons. The van der Waals surface area contributed by atoms with E-state index in [1.54, 1.807) is 12.1 Å². The molecule has 0 unspecified atom stereocenters. The minimum absolute atomic E-state index is 0.0440. The Kier molecular flexibility index (Phi) is 4.71. The van der Waals surface area contributed by atoms with Crippen molar-refractivity contribution < 1.29 is 14.5 Å². The summed E-state index contributed by atoms with van der Waals surface area (Å²) in [6.07, 6.45) is 0.785. The summed E-state index contributed by atoms with van der Waals surface area (Å²) in [5.74, 6) is -0.243. The number of hydrogen-bond acceptors (Lipinski definition) is 2. The Balaban J connectivity index is 1.48. The summed E-state index contributed by atoms with van der Waals surface area (Å²) >= 11 is 6.13. The third kappa shape index (κ3) is 3.64. The van der Waals surface area contributed by atoms with E-state index in [9.17, 15) is 4.39 Å². The highest BCUT2D eigenvalue weighted by molar-refractivity contribution is 6.31. The van der Waals surface area contributed by atoms with Crippen LogP contribution in [0.4, 0.5) is 4.39 Å². The Labute approximate surface area is 133 Å². The van der Waals surface area contributed by atoms with Gasteiger partial charge in [-0.3, -0.25) is 0 Å². The number of halogens is 2.